The highest BCUT2D eigenvalue weighted by atomic mass is 127. The zero-order valence-electron chi connectivity index (χ0n) is 14.4. The van der Waals surface area contributed by atoms with Gasteiger partial charge in [0.15, 0.2) is 6.19 Å². The fraction of sp³-hybridized carbons (Fsp3) is 0.929. The van der Waals surface area contributed by atoms with Gasteiger partial charge in [-0.25, -0.2) is 0 Å². The molecule has 16 heteroatoms. The molecule has 0 aliphatic carbocycles. The summed E-state index contributed by atoms with van der Waals surface area (Å²) in [5.74, 6) is -39.3. The number of rotatable bonds is 8. The Balaban J connectivity index is 3.31. The minimum absolute atomic E-state index is 0.0454. The van der Waals surface area contributed by atoms with E-state index in [9.17, 15) is 57.1 Å². The van der Waals surface area contributed by atoms with Crippen LogP contribution in [0.5, 0.6) is 0 Å². The van der Waals surface area contributed by atoms with E-state index in [0.717, 1.165) is 4.90 Å². The van der Waals surface area contributed by atoms with Crippen LogP contribution in [0, 0.1) is 23.3 Å². The normalized spacial score (nSPS) is 22.4. The third-order valence-corrected chi connectivity index (χ3v) is 5.34. The summed E-state index contributed by atoms with van der Waals surface area (Å²) < 4.78 is 171. The molecule has 0 spiro atoms. The van der Waals surface area contributed by atoms with Crippen LogP contribution in [0.25, 0.3) is 0 Å². The van der Waals surface area contributed by atoms with Crippen LogP contribution in [0.4, 0.5) is 57.1 Å². The van der Waals surface area contributed by atoms with Gasteiger partial charge in [0, 0.05) is 19.5 Å². The van der Waals surface area contributed by atoms with Crippen molar-refractivity contribution >= 4 is 22.6 Å². The minimum atomic E-state index is -7.89. The maximum Gasteiger partial charge on any atom is 0.460 e. The van der Waals surface area contributed by atoms with Crippen LogP contribution in [0.1, 0.15) is 12.8 Å². The minimum Gasteiger partial charge on any atom is -0.310 e. The number of hydrogen-bond acceptors (Lipinski definition) is 2. The monoisotopic (exact) mass is 582 g/mol. The van der Waals surface area contributed by atoms with Crippen molar-refractivity contribution in [2.45, 2.75) is 48.6 Å². The summed E-state index contributed by atoms with van der Waals surface area (Å²) in [5.41, 5.74) is 0. The first-order chi connectivity index (χ1) is 13.2. The lowest BCUT2D eigenvalue weighted by atomic mass is 9.84. The Morgan fingerprint density at radius 2 is 1.17 bits per heavy atom. The Kier molecular flexibility index (Phi) is 7.44. The summed E-state index contributed by atoms with van der Waals surface area (Å²) in [6.45, 7) is -0.866. The van der Waals surface area contributed by atoms with E-state index < -0.39 is 60.6 Å². The molecule has 1 saturated heterocycles. The molecule has 30 heavy (non-hydrogen) atoms. The van der Waals surface area contributed by atoms with E-state index in [4.69, 9.17) is 5.26 Å². The number of hydrogen-bond donors (Lipinski definition) is 0. The molecule has 0 aromatic rings. The Bertz CT molecular complexity index is 655. The molecule has 1 heterocycles. The summed E-state index contributed by atoms with van der Waals surface area (Å²) in [7, 11) is 0. The molecule has 1 fully saturated rings. The van der Waals surface area contributed by atoms with Gasteiger partial charge >= 0.3 is 35.8 Å². The van der Waals surface area contributed by atoms with E-state index in [2.05, 4.69) is 0 Å². The van der Waals surface area contributed by atoms with Gasteiger partial charge in [0.2, 0.25) is 0 Å². The second kappa shape index (κ2) is 8.23. The van der Waals surface area contributed by atoms with Crippen molar-refractivity contribution < 1.29 is 57.1 Å². The molecule has 0 radical (unpaired) electrons. The molecule has 2 atom stereocenters. The smallest absolute Gasteiger partial charge is 0.310 e. The highest BCUT2D eigenvalue weighted by Crippen LogP contribution is 2.61. The van der Waals surface area contributed by atoms with Crippen LogP contribution < -0.4 is 0 Å². The van der Waals surface area contributed by atoms with Gasteiger partial charge in [0.05, 0.1) is 0 Å². The van der Waals surface area contributed by atoms with Gasteiger partial charge in [-0.05, 0) is 22.7 Å². The number of nitrogens with zero attached hydrogens (tertiary/aromatic N) is 2. The molecule has 0 bridgehead atoms. The first-order valence-corrected chi connectivity index (χ1v) is 9.40. The molecule has 0 aromatic carbocycles. The largest absolute Gasteiger partial charge is 0.460 e. The summed E-state index contributed by atoms with van der Waals surface area (Å²) in [6.07, 6.45) is -8.11. The maximum absolute atomic E-state index is 14.0. The molecule has 0 N–H and O–H groups in total. The van der Waals surface area contributed by atoms with E-state index in [1.54, 1.807) is 22.6 Å². The topological polar surface area (TPSA) is 27.0 Å². The fourth-order valence-corrected chi connectivity index (χ4v) is 3.78. The lowest BCUT2D eigenvalue weighted by Crippen LogP contribution is -2.70. The molecule has 0 aromatic heterocycles. The Hall–Kier alpha value is -0.890. The zero-order chi connectivity index (χ0) is 24.0. The maximum atomic E-state index is 14.0. The van der Waals surface area contributed by atoms with E-state index >= 15 is 0 Å². The molecule has 0 amide bonds. The average Bonchev–Trinajstić information content (AvgIpc) is 2.94. The Morgan fingerprint density at radius 3 is 1.57 bits per heavy atom. The second-order valence-electron chi connectivity index (χ2n) is 6.71. The first kappa shape index (κ1) is 27.1. The summed E-state index contributed by atoms with van der Waals surface area (Å²) >= 11 is 1.75. The van der Waals surface area contributed by atoms with Crippen molar-refractivity contribution in [3.63, 3.8) is 0 Å². The zero-order valence-corrected chi connectivity index (χ0v) is 16.5. The molecular weight excluding hydrogens is 570 g/mol. The summed E-state index contributed by atoms with van der Waals surface area (Å²) in [5, 5.41) is 8.76. The van der Waals surface area contributed by atoms with Crippen LogP contribution in [-0.2, 0) is 0 Å². The Morgan fingerprint density at radius 1 is 0.733 bits per heavy atom. The van der Waals surface area contributed by atoms with Gasteiger partial charge in [-0.1, -0.05) is 22.6 Å². The first-order valence-electron chi connectivity index (χ1n) is 7.87. The lowest BCUT2D eigenvalue weighted by molar-refractivity contribution is -0.440. The third kappa shape index (κ3) is 4.23. The van der Waals surface area contributed by atoms with Crippen LogP contribution in [-0.4, -0.2) is 58.2 Å². The number of alkyl halides is 14. The van der Waals surface area contributed by atoms with Gasteiger partial charge in [-0.3, -0.25) is 0 Å². The van der Waals surface area contributed by atoms with Crippen molar-refractivity contribution in [2.75, 3.05) is 17.5 Å². The van der Waals surface area contributed by atoms with E-state index in [1.807, 2.05) is 0 Å². The average molecular weight is 582 g/mol. The number of halogens is 14. The molecule has 0 unspecified atom stereocenters. The van der Waals surface area contributed by atoms with E-state index in [0.29, 0.717) is 0 Å². The Labute approximate surface area is 174 Å². The van der Waals surface area contributed by atoms with Crippen molar-refractivity contribution in [3.05, 3.63) is 0 Å². The summed E-state index contributed by atoms with van der Waals surface area (Å²) in [4.78, 5) is 0.820. The predicted molar refractivity (Wildman–Crippen MR) is 83.1 cm³/mol. The van der Waals surface area contributed by atoms with Gasteiger partial charge in [-0.15, -0.1) is 0 Å². The molecule has 1 aliphatic rings. The van der Waals surface area contributed by atoms with E-state index in [-0.39, 0.29) is 17.4 Å². The van der Waals surface area contributed by atoms with Crippen LogP contribution in [0.15, 0.2) is 0 Å². The molecule has 1 aliphatic heterocycles. The SMILES string of the molecule is N#CN1C[C@@H](CCI)[C@@H](CC(F)(F)C(F)(F)C(F)(F)C(F)(F)C(F)(F)C(F)(F)F)C1. The lowest BCUT2D eigenvalue weighted by Gasteiger charge is -2.40. The van der Waals surface area contributed by atoms with Crippen molar-refractivity contribution in [2.24, 2.45) is 11.8 Å². The van der Waals surface area contributed by atoms with Crippen molar-refractivity contribution in [3.8, 4) is 6.19 Å². The van der Waals surface area contributed by atoms with E-state index in [1.165, 1.54) is 6.19 Å². The van der Waals surface area contributed by atoms with Gasteiger partial charge in [0.1, 0.15) is 0 Å². The predicted octanol–water partition coefficient (Wildman–Crippen LogP) is 5.97. The van der Waals surface area contributed by atoms with Gasteiger partial charge < -0.3 is 4.90 Å². The second-order valence-corrected chi connectivity index (χ2v) is 7.79. The summed E-state index contributed by atoms with van der Waals surface area (Å²) in [6, 6.07) is 0. The highest BCUT2D eigenvalue weighted by molar-refractivity contribution is 14.1. The molecule has 1 rings (SSSR count). The molecule has 2 nitrogen and oxygen atoms in total. The molecule has 0 saturated carbocycles. The van der Waals surface area contributed by atoms with Crippen molar-refractivity contribution in [1.82, 2.24) is 4.90 Å². The third-order valence-electron chi connectivity index (χ3n) is 4.71. The van der Waals surface area contributed by atoms with Gasteiger partial charge in [0.25, 0.3) is 0 Å². The molecule has 176 valence electrons. The quantitative estimate of drug-likeness (QED) is 0.153. The fourth-order valence-electron chi connectivity index (χ4n) is 2.98. The standard InChI is InChI=1S/C14H12F13IN2/c15-9(16,3-8-5-30(6-29)4-7(8)1-2-28)10(17,18)11(19,20)12(21,22)13(23,24)14(25,26)27/h7-8H,1-5H2/t7-,8+/m1/s1. The molecular formula is C14H12F13IN2. The van der Waals surface area contributed by atoms with Crippen molar-refractivity contribution in [1.29, 1.82) is 5.26 Å². The number of likely N-dealkylation sites (tertiary alicyclic amines) is 1. The van der Waals surface area contributed by atoms with Crippen LogP contribution in [0.3, 0.4) is 0 Å². The van der Waals surface area contributed by atoms with Crippen LogP contribution >= 0.6 is 22.6 Å². The van der Waals surface area contributed by atoms with Gasteiger partial charge in [-0.2, -0.15) is 62.3 Å². The van der Waals surface area contributed by atoms with Crippen LogP contribution in [0.2, 0.25) is 0 Å². The highest BCUT2D eigenvalue weighted by Gasteiger charge is 2.90. The number of nitriles is 1.